The Labute approximate surface area is 158 Å². The SMILES string of the molecule is COc1ccc(/C=C/NC(=O)N(c2ccccc2)c2ccc(N)cc2)cc1. The summed E-state index contributed by atoms with van der Waals surface area (Å²) in [4.78, 5) is 14.4. The number of urea groups is 1. The molecule has 136 valence electrons. The topological polar surface area (TPSA) is 67.6 Å². The summed E-state index contributed by atoms with van der Waals surface area (Å²) in [5.41, 5.74) is 8.86. The van der Waals surface area contributed by atoms with Gasteiger partial charge in [-0.1, -0.05) is 30.3 Å². The molecule has 27 heavy (non-hydrogen) atoms. The van der Waals surface area contributed by atoms with Crippen molar-refractivity contribution >= 4 is 29.2 Å². The predicted octanol–water partition coefficient (Wildman–Crippen LogP) is 4.80. The van der Waals surface area contributed by atoms with Crippen molar-refractivity contribution in [2.75, 3.05) is 17.7 Å². The summed E-state index contributed by atoms with van der Waals surface area (Å²) in [7, 11) is 1.63. The number of nitrogens with one attached hydrogen (secondary N) is 1. The Bertz CT molecular complexity index is 905. The predicted molar refractivity (Wildman–Crippen MR) is 110 cm³/mol. The maximum atomic E-state index is 12.8. The fourth-order valence-corrected chi connectivity index (χ4v) is 2.57. The van der Waals surface area contributed by atoms with Crippen molar-refractivity contribution in [3.63, 3.8) is 0 Å². The lowest BCUT2D eigenvalue weighted by Crippen LogP contribution is -2.33. The number of carbonyl (C=O) groups is 1. The smallest absolute Gasteiger partial charge is 0.330 e. The number of nitrogen functional groups attached to an aromatic ring is 1. The highest BCUT2D eigenvalue weighted by Gasteiger charge is 2.16. The molecule has 0 radical (unpaired) electrons. The second-order valence-corrected chi connectivity index (χ2v) is 5.82. The van der Waals surface area contributed by atoms with Crippen molar-refractivity contribution in [2.45, 2.75) is 0 Å². The maximum absolute atomic E-state index is 12.8. The van der Waals surface area contributed by atoms with Gasteiger partial charge in [0.2, 0.25) is 0 Å². The molecule has 0 aromatic heterocycles. The maximum Gasteiger partial charge on any atom is 0.330 e. The fraction of sp³-hybridized carbons (Fsp3) is 0.0455. The number of carbonyl (C=O) groups excluding carboxylic acids is 1. The van der Waals surface area contributed by atoms with Gasteiger partial charge in [0.1, 0.15) is 5.75 Å². The number of methoxy groups -OCH3 is 1. The molecule has 3 aromatic rings. The summed E-state index contributed by atoms with van der Waals surface area (Å²) in [6.45, 7) is 0. The minimum absolute atomic E-state index is 0.268. The van der Waals surface area contributed by atoms with E-state index in [2.05, 4.69) is 5.32 Å². The first kappa shape index (κ1) is 18.1. The van der Waals surface area contributed by atoms with Crippen molar-refractivity contribution in [1.29, 1.82) is 0 Å². The average molecular weight is 359 g/mol. The van der Waals surface area contributed by atoms with Gasteiger partial charge in [-0.3, -0.25) is 4.90 Å². The normalized spacial score (nSPS) is 10.6. The van der Waals surface area contributed by atoms with Crippen molar-refractivity contribution in [2.24, 2.45) is 0 Å². The first-order valence-electron chi connectivity index (χ1n) is 8.49. The van der Waals surface area contributed by atoms with Crippen LogP contribution in [-0.2, 0) is 0 Å². The molecule has 0 fully saturated rings. The highest BCUT2D eigenvalue weighted by Crippen LogP contribution is 2.26. The van der Waals surface area contributed by atoms with E-state index in [0.717, 1.165) is 22.7 Å². The van der Waals surface area contributed by atoms with E-state index in [1.54, 1.807) is 30.3 Å². The third-order valence-electron chi connectivity index (χ3n) is 3.97. The van der Waals surface area contributed by atoms with Crippen molar-refractivity contribution in [3.05, 3.63) is 90.6 Å². The van der Waals surface area contributed by atoms with E-state index >= 15 is 0 Å². The molecule has 3 N–H and O–H groups in total. The summed E-state index contributed by atoms with van der Waals surface area (Å²) in [6.07, 6.45) is 3.45. The van der Waals surface area contributed by atoms with Crippen molar-refractivity contribution in [3.8, 4) is 5.75 Å². The highest BCUT2D eigenvalue weighted by atomic mass is 16.5. The van der Waals surface area contributed by atoms with Gasteiger partial charge in [0, 0.05) is 11.9 Å². The molecule has 0 atom stereocenters. The Morgan fingerprint density at radius 1 is 0.926 bits per heavy atom. The van der Waals surface area contributed by atoms with Crippen LogP contribution in [0.4, 0.5) is 21.9 Å². The van der Waals surface area contributed by atoms with E-state index < -0.39 is 0 Å². The van der Waals surface area contributed by atoms with Crippen LogP contribution in [0, 0.1) is 0 Å². The van der Waals surface area contributed by atoms with Gasteiger partial charge in [-0.25, -0.2) is 4.79 Å². The molecular formula is C22H21N3O2. The summed E-state index contributed by atoms with van der Waals surface area (Å²) < 4.78 is 5.14. The molecule has 0 saturated carbocycles. The number of para-hydroxylation sites is 1. The van der Waals surface area contributed by atoms with E-state index in [1.807, 2.05) is 72.8 Å². The number of hydrogen-bond acceptors (Lipinski definition) is 3. The van der Waals surface area contributed by atoms with Crippen LogP contribution in [0.5, 0.6) is 5.75 Å². The molecule has 0 aliphatic heterocycles. The molecule has 2 amide bonds. The van der Waals surface area contributed by atoms with Gasteiger partial charge in [0.05, 0.1) is 18.5 Å². The van der Waals surface area contributed by atoms with Gasteiger partial charge < -0.3 is 15.8 Å². The molecule has 0 saturated heterocycles. The van der Waals surface area contributed by atoms with Gasteiger partial charge in [-0.2, -0.15) is 0 Å². The van der Waals surface area contributed by atoms with Crippen LogP contribution in [-0.4, -0.2) is 13.1 Å². The number of anilines is 3. The lowest BCUT2D eigenvalue weighted by atomic mass is 10.2. The molecule has 0 unspecified atom stereocenters. The van der Waals surface area contributed by atoms with E-state index in [0.29, 0.717) is 5.69 Å². The van der Waals surface area contributed by atoms with Crippen LogP contribution >= 0.6 is 0 Å². The average Bonchev–Trinajstić information content (AvgIpc) is 2.71. The molecule has 0 bridgehead atoms. The van der Waals surface area contributed by atoms with Crippen LogP contribution in [0.2, 0.25) is 0 Å². The molecular weight excluding hydrogens is 338 g/mol. The van der Waals surface area contributed by atoms with Crippen LogP contribution in [0.25, 0.3) is 6.08 Å². The Morgan fingerprint density at radius 2 is 1.56 bits per heavy atom. The molecule has 0 heterocycles. The molecule has 3 aromatic carbocycles. The van der Waals surface area contributed by atoms with E-state index in [9.17, 15) is 4.79 Å². The zero-order valence-electron chi connectivity index (χ0n) is 15.0. The minimum Gasteiger partial charge on any atom is -0.497 e. The number of ether oxygens (including phenoxy) is 1. The molecule has 0 aliphatic carbocycles. The van der Waals surface area contributed by atoms with Gasteiger partial charge in [-0.15, -0.1) is 0 Å². The first-order chi connectivity index (χ1) is 13.2. The summed E-state index contributed by atoms with van der Waals surface area (Å²) >= 11 is 0. The first-order valence-corrected chi connectivity index (χ1v) is 8.49. The van der Waals surface area contributed by atoms with Crippen LogP contribution < -0.4 is 20.7 Å². The standard InChI is InChI=1S/C22H21N3O2/c1-27-21-13-7-17(8-14-21)15-16-24-22(26)25(19-5-3-2-4-6-19)20-11-9-18(23)10-12-20/h2-16H,23H2,1H3,(H,24,26)/b16-15+. The Kier molecular flexibility index (Phi) is 5.74. The Morgan fingerprint density at radius 3 is 2.19 bits per heavy atom. The summed E-state index contributed by atoms with van der Waals surface area (Å²) in [5.74, 6) is 0.787. The van der Waals surface area contributed by atoms with Crippen molar-refractivity contribution < 1.29 is 9.53 Å². The number of nitrogens with zero attached hydrogens (tertiary/aromatic N) is 1. The third-order valence-corrected chi connectivity index (χ3v) is 3.97. The highest BCUT2D eigenvalue weighted by molar-refractivity contribution is 6.00. The van der Waals surface area contributed by atoms with Crippen LogP contribution in [0.3, 0.4) is 0 Å². The number of rotatable bonds is 5. The molecule has 0 spiro atoms. The van der Waals surface area contributed by atoms with Gasteiger partial charge >= 0.3 is 6.03 Å². The van der Waals surface area contributed by atoms with E-state index in [-0.39, 0.29) is 6.03 Å². The quantitative estimate of drug-likeness (QED) is 0.643. The van der Waals surface area contributed by atoms with Crippen LogP contribution in [0.1, 0.15) is 5.56 Å². The molecule has 0 aliphatic rings. The second-order valence-electron chi connectivity index (χ2n) is 5.82. The van der Waals surface area contributed by atoms with Crippen molar-refractivity contribution in [1.82, 2.24) is 5.32 Å². The monoisotopic (exact) mass is 359 g/mol. The number of nitrogens with two attached hydrogens (primary N) is 1. The number of amides is 2. The second kappa shape index (κ2) is 8.58. The number of benzene rings is 3. The van der Waals surface area contributed by atoms with Gasteiger partial charge in [0.25, 0.3) is 0 Å². The zero-order chi connectivity index (χ0) is 19.1. The Hall–Kier alpha value is -3.73. The minimum atomic E-state index is -0.268. The number of hydrogen-bond donors (Lipinski definition) is 2. The lowest BCUT2D eigenvalue weighted by molar-refractivity contribution is 0.251. The molecule has 3 rings (SSSR count). The van der Waals surface area contributed by atoms with Gasteiger partial charge in [0.15, 0.2) is 0 Å². The van der Waals surface area contributed by atoms with E-state index in [1.165, 1.54) is 0 Å². The van der Waals surface area contributed by atoms with E-state index in [4.69, 9.17) is 10.5 Å². The van der Waals surface area contributed by atoms with Crippen LogP contribution in [0.15, 0.2) is 85.1 Å². The van der Waals surface area contributed by atoms with Gasteiger partial charge in [-0.05, 0) is 60.2 Å². The zero-order valence-corrected chi connectivity index (χ0v) is 15.0. The summed E-state index contributed by atoms with van der Waals surface area (Å²) in [6, 6.07) is 23.9. The molecule has 5 heteroatoms. The summed E-state index contributed by atoms with van der Waals surface area (Å²) in [5, 5.41) is 2.82. The Balaban J connectivity index is 1.78. The largest absolute Gasteiger partial charge is 0.497 e. The molecule has 5 nitrogen and oxygen atoms in total. The third kappa shape index (κ3) is 4.67. The fourth-order valence-electron chi connectivity index (χ4n) is 2.57. The lowest BCUT2D eigenvalue weighted by Gasteiger charge is -2.22.